The Labute approximate surface area is 122 Å². The second-order valence-electron chi connectivity index (χ2n) is 4.14. The number of nitrogens with one attached hydrogen (secondary N) is 3. The molecule has 2 rings (SSSR count). The molecule has 1 aromatic carbocycles. The van der Waals surface area contributed by atoms with Crippen molar-refractivity contribution in [3.05, 3.63) is 68.7 Å². The van der Waals surface area contributed by atoms with E-state index in [4.69, 9.17) is 0 Å². The van der Waals surface area contributed by atoms with E-state index in [-0.39, 0.29) is 6.67 Å². The highest BCUT2D eigenvalue weighted by molar-refractivity contribution is 5.94. The number of amides is 2. The van der Waals surface area contributed by atoms with Crippen molar-refractivity contribution in [2.45, 2.75) is 0 Å². The third-order valence-electron chi connectivity index (χ3n) is 2.64. The molecular weight excluding hydrogens is 295 g/mol. The molecule has 0 atom stereocenters. The topological polar surface area (TPSA) is 113 Å². The number of nitrogens with zero attached hydrogens (tertiary/aromatic N) is 1. The summed E-state index contributed by atoms with van der Waals surface area (Å²) in [6.07, 6.45) is 0.468. The summed E-state index contributed by atoms with van der Waals surface area (Å²) >= 11 is 0. The van der Waals surface area contributed by atoms with E-state index >= 15 is 0 Å². The van der Waals surface area contributed by atoms with Crippen molar-refractivity contribution >= 4 is 11.9 Å². The molecule has 8 nitrogen and oxygen atoms in total. The maximum atomic E-state index is 13.0. The third kappa shape index (κ3) is 3.45. The number of carbonyl (C=O) groups excluding carboxylic acids is 2. The van der Waals surface area contributed by atoms with E-state index in [1.807, 2.05) is 0 Å². The zero-order valence-electron chi connectivity index (χ0n) is 11.1. The standard InChI is InChI=1S/C13H11FN4O4/c14-9-6-18(13(22)17-11(9)20)12(21)16-7-15-10(19)8-4-2-1-3-5-8/h1-6H,7H2,(H,15,19)(H,16,21)(H,17,20,22). The Morgan fingerprint density at radius 1 is 1.14 bits per heavy atom. The van der Waals surface area contributed by atoms with Crippen molar-refractivity contribution in [3.63, 3.8) is 0 Å². The lowest BCUT2D eigenvalue weighted by Crippen LogP contribution is -2.44. The molecule has 114 valence electrons. The number of H-pyrrole nitrogens is 1. The van der Waals surface area contributed by atoms with Gasteiger partial charge < -0.3 is 10.6 Å². The van der Waals surface area contributed by atoms with Crippen LogP contribution in [0.1, 0.15) is 10.4 Å². The summed E-state index contributed by atoms with van der Waals surface area (Å²) in [6.45, 7) is -0.278. The van der Waals surface area contributed by atoms with Crippen molar-refractivity contribution in [2.75, 3.05) is 6.67 Å². The van der Waals surface area contributed by atoms with Crippen LogP contribution in [0.4, 0.5) is 9.18 Å². The maximum absolute atomic E-state index is 13.0. The van der Waals surface area contributed by atoms with Crippen LogP contribution in [0, 0.1) is 5.82 Å². The van der Waals surface area contributed by atoms with Crippen LogP contribution in [0.15, 0.2) is 46.1 Å². The highest BCUT2D eigenvalue weighted by atomic mass is 19.1. The van der Waals surface area contributed by atoms with Crippen molar-refractivity contribution in [1.29, 1.82) is 0 Å². The molecule has 1 heterocycles. The smallest absolute Gasteiger partial charge is 0.335 e. The number of halogens is 1. The average Bonchev–Trinajstić information content (AvgIpc) is 2.51. The van der Waals surface area contributed by atoms with Gasteiger partial charge in [-0.1, -0.05) is 18.2 Å². The quantitative estimate of drug-likeness (QED) is 0.671. The first-order valence-corrected chi connectivity index (χ1v) is 6.12. The molecule has 2 aromatic rings. The number of hydrogen-bond donors (Lipinski definition) is 3. The monoisotopic (exact) mass is 306 g/mol. The second kappa shape index (κ2) is 6.48. The number of carbonyl (C=O) groups is 2. The zero-order valence-corrected chi connectivity index (χ0v) is 11.1. The number of aromatic amines is 1. The Balaban J connectivity index is 1.97. The van der Waals surface area contributed by atoms with Gasteiger partial charge in [0.1, 0.15) is 0 Å². The van der Waals surface area contributed by atoms with Gasteiger partial charge in [0.25, 0.3) is 11.5 Å². The minimum Gasteiger partial charge on any atom is -0.335 e. The van der Waals surface area contributed by atoms with Gasteiger partial charge in [-0.3, -0.25) is 14.6 Å². The number of benzene rings is 1. The molecule has 0 bridgehead atoms. The summed E-state index contributed by atoms with van der Waals surface area (Å²) in [5.74, 6) is -1.70. The molecule has 0 fully saturated rings. The van der Waals surface area contributed by atoms with Crippen molar-refractivity contribution in [1.82, 2.24) is 20.2 Å². The molecule has 0 saturated carbocycles. The molecule has 0 spiro atoms. The lowest BCUT2D eigenvalue weighted by atomic mass is 10.2. The van der Waals surface area contributed by atoms with Crippen molar-refractivity contribution in [3.8, 4) is 0 Å². The van der Waals surface area contributed by atoms with Crippen LogP contribution < -0.4 is 21.9 Å². The first-order valence-electron chi connectivity index (χ1n) is 6.12. The number of hydrogen-bond acceptors (Lipinski definition) is 4. The lowest BCUT2D eigenvalue weighted by Gasteiger charge is -2.08. The number of rotatable bonds is 3. The molecule has 0 aliphatic heterocycles. The fourth-order valence-corrected chi connectivity index (χ4v) is 1.58. The summed E-state index contributed by atoms with van der Waals surface area (Å²) in [5.41, 5.74) is -1.91. The molecule has 3 N–H and O–H groups in total. The number of aromatic nitrogens is 2. The van der Waals surface area contributed by atoms with Crippen LogP contribution in [-0.4, -0.2) is 28.2 Å². The van der Waals surface area contributed by atoms with E-state index in [9.17, 15) is 23.6 Å². The molecule has 0 saturated heterocycles. The molecule has 9 heteroatoms. The second-order valence-corrected chi connectivity index (χ2v) is 4.14. The summed E-state index contributed by atoms with van der Waals surface area (Å²) in [5, 5.41) is 4.58. The third-order valence-corrected chi connectivity index (χ3v) is 2.64. The minimum absolute atomic E-state index is 0.278. The largest absolute Gasteiger partial charge is 0.336 e. The highest BCUT2D eigenvalue weighted by Gasteiger charge is 2.11. The van der Waals surface area contributed by atoms with E-state index in [0.29, 0.717) is 16.3 Å². The molecular formula is C13H11FN4O4. The van der Waals surface area contributed by atoms with E-state index < -0.39 is 29.0 Å². The van der Waals surface area contributed by atoms with E-state index in [1.54, 1.807) is 35.3 Å². The first-order chi connectivity index (χ1) is 10.5. The Hall–Kier alpha value is -3.23. The normalized spacial score (nSPS) is 10.0. The average molecular weight is 306 g/mol. The van der Waals surface area contributed by atoms with Gasteiger partial charge in [0.2, 0.25) is 5.82 Å². The van der Waals surface area contributed by atoms with Gasteiger partial charge in [-0.05, 0) is 12.1 Å². The van der Waals surface area contributed by atoms with Gasteiger partial charge in [-0.2, -0.15) is 4.39 Å². The lowest BCUT2D eigenvalue weighted by molar-refractivity contribution is 0.0952. The Bertz CT molecular complexity index is 813. The zero-order chi connectivity index (χ0) is 16.1. The highest BCUT2D eigenvalue weighted by Crippen LogP contribution is 1.96. The molecule has 0 aliphatic carbocycles. The minimum atomic E-state index is -1.27. The van der Waals surface area contributed by atoms with Crippen LogP contribution in [0.3, 0.4) is 0 Å². The summed E-state index contributed by atoms with van der Waals surface area (Å²) < 4.78 is 13.4. The molecule has 0 radical (unpaired) electrons. The SMILES string of the molecule is O=C(NCNC(=O)n1cc(F)c(=O)[nH]c1=O)c1ccccc1. The molecule has 0 unspecified atom stereocenters. The fourth-order valence-electron chi connectivity index (χ4n) is 1.58. The predicted molar refractivity (Wildman–Crippen MR) is 74.0 cm³/mol. The van der Waals surface area contributed by atoms with Gasteiger partial charge in [-0.15, -0.1) is 0 Å². The molecule has 1 aromatic heterocycles. The van der Waals surface area contributed by atoms with Crippen LogP contribution in [0.2, 0.25) is 0 Å². The maximum Gasteiger partial charge on any atom is 0.336 e. The van der Waals surface area contributed by atoms with Crippen LogP contribution in [0.25, 0.3) is 0 Å². The Morgan fingerprint density at radius 3 is 2.50 bits per heavy atom. The Kier molecular flexibility index (Phi) is 4.47. The molecule has 0 aliphatic rings. The Morgan fingerprint density at radius 2 is 1.82 bits per heavy atom. The molecule has 22 heavy (non-hydrogen) atoms. The van der Waals surface area contributed by atoms with E-state index in [0.717, 1.165) is 0 Å². The predicted octanol–water partition coefficient (Wildman–Crippen LogP) is -0.379. The van der Waals surface area contributed by atoms with Crippen molar-refractivity contribution < 1.29 is 14.0 Å². The summed E-state index contributed by atoms with van der Waals surface area (Å²) in [7, 11) is 0. The van der Waals surface area contributed by atoms with Crippen LogP contribution in [0.5, 0.6) is 0 Å². The fraction of sp³-hybridized carbons (Fsp3) is 0.0769. The van der Waals surface area contributed by atoms with Gasteiger partial charge in [0, 0.05) is 5.56 Å². The van der Waals surface area contributed by atoms with E-state index in [1.165, 1.54) is 0 Å². The van der Waals surface area contributed by atoms with Gasteiger partial charge in [0.05, 0.1) is 12.9 Å². The van der Waals surface area contributed by atoms with Gasteiger partial charge in [-0.25, -0.2) is 14.2 Å². The van der Waals surface area contributed by atoms with Gasteiger partial charge in [0.15, 0.2) is 0 Å². The summed E-state index contributed by atoms with van der Waals surface area (Å²) in [6, 6.07) is 7.27. The van der Waals surface area contributed by atoms with Gasteiger partial charge >= 0.3 is 11.7 Å². The van der Waals surface area contributed by atoms with Crippen LogP contribution >= 0.6 is 0 Å². The first kappa shape index (κ1) is 15.2. The van der Waals surface area contributed by atoms with Crippen LogP contribution in [-0.2, 0) is 0 Å². The van der Waals surface area contributed by atoms with Crippen molar-refractivity contribution in [2.24, 2.45) is 0 Å². The summed E-state index contributed by atoms with van der Waals surface area (Å²) in [4.78, 5) is 47.2. The molecule has 2 amide bonds. The van der Waals surface area contributed by atoms with E-state index in [2.05, 4.69) is 10.6 Å².